The van der Waals surface area contributed by atoms with Crippen LogP contribution in [-0.4, -0.2) is 17.2 Å². The Balaban J connectivity index is 1.64. The van der Waals surface area contributed by atoms with Crippen molar-refractivity contribution in [2.45, 2.75) is 12.4 Å². The Morgan fingerprint density at radius 1 is 1.18 bits per heavy atom. The molecule has 0 N–H and O–H groups in total. The van der Waals surface area contributed by atoms with Crippen LogP contribution >= 0.6 is 23.1 Å². The van der Waals surface area contributed by atoms with E-state index in [9.17, 15) is 4.79 Å². The summed E-state index contributed by atoms with van der Waals surface area (Å²) in [7, 11) is 0. The van der Waals surface area contributed by atoms with Gasteiger partial charge in [0.15, 0.2) is 0 Å². The molecule has 0 aliphatic rings. The second-order valence-corrected chi connectivity index (χ2v) is 6.76. The molecule has 1 heterocycles. The summed E-state index contributed by atoms with van der Waals surface area (Å²) in [5.41, 5.74) is 2.72. The molecular formula is C17H15NO2S2. The van der Waals surface area contributed by atoms with Crippen LogP contribution in [-0.2, 0) is 17.1 Å². The molecule has 0 aliphatic heterocycles. The lowest BCUT2D eigenvalue weighted by atomic mass is 10.1. The summed E-state index contributed by atoms with van der Waals surface area (Å²) >= 11 is 3.31. The lowest BCUT2D eigenvalue weighted by molar-refractivity contribution is 0.0472. The van der Waals surface area contributed by atoms with Crippen molar-refractivity contribution in [3.63, 3.8) is 0 Å². The predicted octanol–water partition coefficient (Wildman–Crippen LogP) is 4.52. The van der Waals surface area contributed by atoms with Crippen molar-refractivity contribution >= 4 is 39.3 Å². The van der Waals surface area contributed by atoms with Crippen molar-refractivity contribution in [2.75, 3.05) is 6.26 Å². The largest absolute Gasteiger partial charge is 0.455 e. The Labute approximate surface area is 137 Å². The average Bonchev–Trinajstić information content (AvgIpc) is 2.96. The summed E-state index contributed by atoms with van der Waals surface area (Å²) < 4.78 is 6.45. The van der Waals surface area contributed by atoms with E-state index in [-0.39, 0.29) is 12.6 Å². The van der Waals surface area contributed by atoms with Crippen LogP contribution in [0.15, 0.2) is 48.5 Å². The first-order valence-corrected chi connectivity index (χ1v) is 9.07. The molecule has 0 amide bonds. The van der Waals surface area contributed by atoms with E-state index in [0.29, 0.717) is 5.56 Å². The molecule has 5 heteroatoms. The van der Waals surface area contributed by atoms with E-state index >= 15 is 0 Å². The third kappa shape index (κ3) is 3.48. The molecule has 0 unspecified atom stereocenters. The standard InChI is InChI=1S/C17H15NO2S2/c1-21-11-12-6-8-13(9-7-12)17(19)20-10-16-18-14-4-2-3-5-15(14)22-16/h2-9H,10-11H2,1H3. The number of para-hydroxylation sites is 1. The molecule has 0 bridgehead atoms. The van der Waals surface area contributed by atoms with Gasteiger partial charge in [-0.25, -0.2) is 9.78 Å². The molecule has 3 aromatic rings. The molecule has 0 fully saturated rings. The zero-order chi connectivity index (χ0) is 15.4. The van der Waals surface area contributed by atoms with Crippen LogP contribution in [0.1, 0.15) is 20.9 Å². The van der Waals surface area contributed by atoms with Gasteiger partial charge in [-0.15, -0.1) is 11.3 Å². The van der Waals surface area contributed by atoms with Crippen LogP contribution < -0.4 is 0 Å². The van der Waals surface area contributed by atoms with Crippen molar-refractivity contribution in [2.24, 2.45) is 0 Å². The van der Waals surface area contributed by atoms with Crippen LogP contribution in [0.5, 0.6) is 0 Å². The second kappa shape index (κ2) is 6.94. The fourth-order valence-electron chi connectivity index (χ4n) is 2.10. The van der Waals surface area contributed by atoms with Gasteiger partial charge in [-0.2, -0.15) is 11.8 Å². The number of rotatable bonds is 5. The van der Waals surface area contributed by atoms with Crippen LogP contribution in [0, 0.1) is 0 Å². The maximum Gasteiger partial charge on any atom is 0.338 e. The molecule has 3 rings (SSSR count). The maximum atomic E-state index is 12.1. The topological polar surface area (TPSA) is 39.2 Å². The molecule has 0 saturated heterocycles. The van der Waals surface area contributed by atoms with Gasteiger partial charge in [0.1, 0.15) is 11.6 Å². The van der Waals surface area contributed by atoms with Crippen LogP contribution in [0.25, 0.3) is 10.2 Å². The van der Waals surface area contributed by atoms with E-state index in [1.54, 1.807) is 23.1 Å². The first kappa shape index (κ1) is 15.1. The normalized spacial score (nSPS) is 10.8. The highest BCUT2D eigenvalue weighted by Crippen LogP contribution is 2.22. The summed E-state index contributed by atoms with van der Waals surface area (Å²) in [5, 5.41) is 0.813. The molecule has 22 heavy (non-hydrogen) atoms. The summed E-state index contributed by atoms with van der Waals surface area (Å²) in [6, 6.07) is 15.5. The number of fused-ring (bicyclic) bond motifs is 1. The summed E-state index contributed by atoms with van der Waals surface area (Å²) in [6.45, 7) is 0.213. The number of carbonyl (C=O) groups is 1. The quantitative estimate of drug-likeness (QED) is 0.645. The smallest absolute Gasteiger partial charge is 0.338 e. The number of thiazole rings is 1. The highest BCUT2D eigenvalue weighted by atomic mass is 32.2. The molecule has 1 aromatic heterocycles. The van der Waals surface area contributed by atoms with Gasteiger partial charge in [-0.05, 0) is 36.1 Å². The van der Waals surface area contributed by atoms with Crippen LogP contribution in [0.4, 0.5) is 0 Å². The lowest BCUT2D eigenvalue weighted by Crippen LogP contribution is -2.05. The van der Waals surface area contributed by atoms with E-state index in [1.807, 2.05) is 48.5 Å². The van der Waals surface area contributed by atoms with Gasteiger partial charge in [-0.1, -0.05) is 24.3 Å². The Hall–Kier alpha value is -1.85. The molecule has 0 aliphatic carbocycles. The number of aromatic nitrogens is 1. The SMILES string of the molecule is CSCc1ccc(C(=O)OCc2nc3ccccc3s2)cc1. The zero-order valence-electron chi connectivity index (χ0n) is 12.1. The summed E-state index contributed by atoms with van der Waals surface area (Å²) in [6.07, 6.45) is 2.06. The number of ether oxygens (including phenoxy) is 1. The molecule has 3 nitrogen and oxygen atoms in total. The fraction of sp³-hybridized carbons (Fsp3) is 0.176. The third-order valence-corrected chi connectivity index (χ3v) is 4.80. The Kier molecular flexibility index (Phi) is 4.75. The van der Waals surface area contributed by atoms with Gasteiger partial charge in [0.2, 0.25) is 0 Å². The molecule has 2 aromatic carbocycles. The summed E-state index contributed by atoms with van der Waals surface area (Å²) in [5.74, 6) is 0.635. The second-order valence-electron chi connectivity index (χ2n) is 4.78. The molecule has 0 atom stereocenters. The number of hydrogen-bond acceptors (Lipinski definition) is 5. The number of hydrogen-bond donors (Lipinski definition) is 0. The Morgan fingerprint density at radius 3 is 2.68 bits per heavy atom. The minimum Gasteiger partial charge on any atom is -0.455 e. The fourth-order valence-corrected chi connectivity index (χ4v) is 3.50. The molecule has 0 radical (unpaired) electrons. The van der Waals surface area contributed by atoms with E-state index in [0.717, 1.165) is 21.0 Å². The van der Waals surface area contributed by atoms with Gasteiger partial charge in [-0.3, -0.25) is 0 Å². The monoisotopic (exact) mass is 329 g/mol. The van der Waals surface area contributed by atoms with Gasteiger partial charge >= 0.3 is 5.97 Å². The van der Waals surface area contributed by atoms with Crippen molar-refractivity contribution in [1.29, 1.82) is 0 Å². The van der Waals surface area contributed by atoms with E-state index in [4.69, 9.17) is 4.74 Å². The minimum atomic E-state index is -0.310. The van der Waals surface area contributed by atoms with Gasteiger partial charge in [0.05, 0.1) is 15.8 Å². The molecule has 0 saturated carbocycles. The minimum absolute atomic E-state index is 0.213. The number of thioether (sulfide) groups is 1. The zero-order valence-corrected chi connectivity index (χ0v) is 13.7. The Morgan fingerprint density at radius 2 is 1.95 bits per heavy atom. The van der Waals surface area contributed by atoms with E-state index in [1.165, 1.54) is 5.56 Å². The van der Waals surface area contributed by atoms with Gasteiger partial charge in [0.25, 0.3) is 0 Å². The molecule has 112 valence electrons. The number of benzene rings is 2. The third-order valence-electron chi connectivity index (χ3n) is 3.17. The van der Waals surface area contributed by atoms with Crippen LogP contribution in [0.2, 0.25) is 0 Å². The van der Waals surface area contributed by atoms with Crippen molar-refractivity contribution in [3.05, 3.63) is 64.7 Å². The predicted molar refractivity (Wildman–Crippen MR) is 92.4 cm³/mol. The first-order chi connectivity index (χ1) is 10.8. The van der Waals surface area contributed by atoms with Crippen molar-refractivity contribution in [1.82, 2.24) is 4.98 Å². The lowest BCUT2D eigenvalue weighted by Gasteiger charge is -2.04. The number of nitrogens with zero attached hydrogens (tertiary/aromatic N) is 1. The molecule has 0 spiro atoms. The van der Waals surface area contributed by atoms with E-state index in [2.05, 4.69) is 11.2 Å². The van der Waals surface area contributed by atoms with Crippen molar-refractivity contribution in [3.8, 4) is 0 Å². The highest BCUT2D eigenvalue weighted by Gasteiger charge is 2.09. The van der Waals surface area contributed by atoms with Gasteiger partial charge in [0, 0.05) is 5.75 Å². The number of carbonyl (C=O) groups excluding carboxylic acids is 1. The molecular weight excluding hydrogens is 314 g/mol. The van der Waals surface area contributed by atoms with Gasteiger partial charge < -0.3 is 4.74 Å². The van der Waals surface area contributed by atoms with E-state index < -0.39 is 0 Å². The average molecular weight is 329 g/mol. The van der Waals surface area contributed by atoms with Crippen molar-refractivity contribution < 1.29 is 9.53 Å². The highest BCUT2D eigenvalue weighted by molar-refractivity contribution is 7.97. The van der Waals surface area contributed by atoms with Crippen LogP contribution in [0.3, 0.4) is 0 Å². The maximum absolute atomic E-state index is 12.1. The first-order valence-electron chi connectivity index (χ1n) is 6.86. The number of esters is 1. The summed E-state index contributed by atoms with van der Waals surface area (Å²) in [4.78, 5) is 16.5. The Bertz CT molecular complexity index is 748.